The Labute approximate surface area is 134 Å². The number of likely N-dealkylation sites (tertiary alicyclic amines) is 1. The summed E-state index contributed by atoms with van der Waals surface area (Å²) in [6.45, 7) is 4.29. The van der Waals surface area contributed by atoms with Crippen molar-refractivity contribution in [3.05, 3.63) is 34.9 Å². The summed E-state index contributed by atoms with van der Waals surface area (Å²) in [6, 6.07) is 6.87. The predicted molar refractivity (Wildman–Crippen MR) is 82.4 cm³/mol. The third-order valence-electron chi connectivity index (χ3n) is 4.19. The highest BCUT2D eigenvalue weighted by Gasteiger charge is 2.42. The van der Waals surface area contributed by atoms with Crippen molar-refractivity contribution in [1.82, 2.24) is 9.80 Å². The standard InChI is InChI=1S/C16H19ClN2O3/c1-11-9-18(6-7-22-11)14-8-15(20)19(16(14)21)10-12-2-4-13(17)5-3-12/h2-5,11,14H,6-10H2,1H3. The smallest absolute Gasteiger partial charge is 0.247 e. The number of ether oxygens (including phenoxy) is 1. The first-order valence-corrected chi connectivity index (χ1v) is 7.86. The van der Waals surface area contributed by atoms with Crippen molar-refractivity contribution in [2.24, 2.45) is 0 Å². The lowest BCUT2D eigenvalue weighted by atomic mass is 10.1. The number of morpholine rings is 1. The first-order chi connectivity index (χ1) is 10.5. The summed E-state index contributed by atoms with van der Waals surface area (Å²) in [5.41, 5.74) is 0.905. The van der Waals surface area contributed by atoms with E-state index in [9.17, 15) is 9.59 Å². The molecule has 0 N–H and O–H groups in total. The molecule has 5 nitrogen and oxygen atoms in total. The van der Waals surface area contributed by atoms with Gasteiger partial charge in [-0.1, -0.05) is 23.7 Å². The average molecular weight is 323 g/mol. The minimum Gasteiger partial charge on any atom is -0.376 e. The Kier molecular flexibility index (Phi) is 4.47. The molecular weight excluding hydrogens is 304 g/mol. The van der Waals surface area contributed by atoms with Gasteiger partial charge in [-0.3, -0.25) is 19.4 Å². The number of benzene rings is 1. The van der Waals surface area contributed by atoms with Crippen LogP contribution in [0.2, 0.25) is 5.02 Å². The van der Waals surface area contributed by atoms with Crippen molar-refractivity contribution >= 4 is 23.4 Å². The second kappa shape index (κ2) is 6.36. The number of halogens is 1. The van der Waals surface area contributed by atoms with E-state index in [-0.39, 0.29) is 30.4 Å². The van der Waals surface area contributed by atoms with Gasteiger partial charge in [0.05, 0.1) is 31.7 Å². The van der Waals surface area contributed by atoms with Gasteiger partial charge in [-0.2, -0.15) is 0 Å². The molecule has 2 heterocycles. The second-order valence-electron chi connectivity index (χ2n) is 5.84. The molecule has 6 heteroatoms. The van der Waals surface area contributed by atoms with Gasteiger partial charge in [-0.15, -0.1) is 0 Å². The fraction of sp³-hybridized carbons (Fsp3) is 0.500. The molecule has 0 bridgehead atoms. The van der Waals surface area contributed by atoms with Gasteiger partial charge in [0.1, 0.15) is 0 Å². The van der Waals surface area contributed by atoms with E-state index in [2.05, 4.69) is 4.90 Å². The van der Waals surface area contributed by atoms with Crippen molar-refractivity contribution in [3.8, 4) is 0 Å². The first kappa shape index (κ1) is 15.5. The molecule has 2 amide bonds. The molecule has 2 unspecified atom stereocenters. The fourth-order valence-corrected chi connectivity index (χ4v) is 3.14. The number of carbonyl (C=O) groups is 2. The highest BCUT2D eigenvalue weighted by atomic mass is 35.5. The van der Waals surface area contributed by atoms with E-state index in [1.54, 1.807) is 12.1 Å². The third-order valence-corrected chi connectivity index (χ3v) is 4.44. The summed E-state index contributed by atoms with van der Waals surface area (Å²) in [5, 5.41) is 0.642. The van der Waals surface area contributed by atoms with Crippen LogP contribution in [0.4, 0.5) is 0 Å². The summed E-state index contributed by atoms with van der Waals surface area (Å²) in [7, 11) is 0. The monoisotopic (exact) mass is 322 g/mol. The molecule has 0 aromatic heterocycles. The van der Waals surface area contributed by atoms with E-state index in [1.165, 1.54) is 4.90 Å². The van der Waals surface area contributed by atoms with Crippen molar-refractivity contribution in [3.63, 3.8) is 0 Å². The Morgan fingerprint density at radius 2 is 2.00 bits per heavy atom. The normalized spacial score (nSPS) is 26.7. The average Bonchev–Trinajstić information content (AvgIpc) is 2.77. The van der Waals surface area contributed by atoms with E-state index in [0.717, 1.165) is 5.56 Å². The van der Waals surface area contributed by atoms with E-state index in [4.69, 9.17) is 16.3 Å². The number of hydrogen-bond acceptors (Lipinski definition) is 4. The molecule has 3 rings (SSSR count). The van der Waals surface area contributed by atoms with Crippen LogP contribution >= 0.6 is 11.6 Å². The van der Waals surface area contributed by atoms with E-state index < -0.39 is 0 Å². The minimum atomic E-state index is -0.342. The van der Waals surface area contributed by atoms with Gasteiger partial charge in [0.15, 0.2) is 0 Å². The number of hydrogen-bond donors (Lipinski definition) is 0. The molecule has 1 aromatic rings. The zero-order valence-electron chi connectivity index (χ0n) is 12.5. The van der Waals surface area contributed by atoms with Crippen LogP contribution in [-0.2, 0) is 20.9 Å². The van der Waals surface area contributed by atoms with Gasteiger partial charge in [-0.25, -0.2) is 0 Å². The fourth-order valence-electron chi connectivity index (χ4n) is 3.02. The van der Waals surface area contributed by atoms with Crippen LogP contribution in [-0.4, -0.2) is 53.5 Å². The Bertz CT molecular complexity index is 575. The lowest BCUT2D eigenvalue weighted by Crippen LogP contribution is -2.49. The summed E-state index contributed by atoms with van der Waals surface area (Å²) < 4.78 is 5.50. The molecular formula is C16H19ClN2O3. The second-order valence-corrected chi connectivity index (χ2v) is 6.28. The highest BCUT2D eigenvalue weighted by molar-refractivity contribution is 6.30. The molecule has 0 spiro atoms. The number of carbonyl (C=O) groups excluding carboxylic acids is 2. The summed E-state index contributed by atoms with van der Waals surface area (Å²) in [5.74, 6) is -0.210. The Hall–Kier alpha value is -1.43. The lowest BCUT2D eigenvalue weighted by Gasteiger charge is -2.34. The van der Waals surface area contributed by atoms with Gasteiger partial charge in [-0.05, 0) is 24.6 Å². The maximum absolute atomic E-state index is 12.6. The molecule has 1 aromatic carbocycles. The van der Waals surface area contributed by atoms with Gasteiger partial charge in [0.2, 0.25) is 11.8 Å². The van der Waals surface area contributed by atoms with Crippen LogP contribution in [0.1, 0.15) is 18.9 Å². The largest absolute Gasteiger partial charge is 0.376 e. The van der Waals surface area contributed by atoms with Crippen LogP contribution in [0, 0.1) is 0 Å². The van der Waals surface area contributed by atoms with Crippen LogP contribution in [0.15, 0.2) is 24.3 Å². The Morgan fingerprint density at radius 1 is 1.27 bits per heavy atom. The number of nitrogens with zero attached hydrogens (tertiary/aromatic N) is 2. The van der Waals surface area contributed by atoms with Crippen molar-refractivity contribution in [2.75, 3.05) is 19.7 Å². The number of rotatable bonds is 3. The maximum atomic E-state index is 12.6. The molecule has 0 aliphatic carbocycles. The molecule has 2 atom stereocenters. The zero-order valence-corrected chi connectivity index (χ0v) is 13.3. The van der Waals surface area contributed by atoms with Crippen molar-refractivity contribution in [2.45, 2.75) is 32.0 Å². The SMILES string of the molecule is CC1CN(C2CC(=O)N(Cc3ccc(Cl)cc3)C2=O)CCO1. The summed E-state index contributed by atoms with van der Waals surface area (Å²) in [4.78, 5) is 28.2. The molecule has 118 valence electrons. The van der Waals surface area contributed by atoms with Crippen molar-refractivity contribution < 1.29 is 14.3 Å². The van der Waals surface area contributed by atoms with Crippen LogP contribution < -0.4 is 0 Å². The topological polar surface area (TPSA) is 49.9 Å². The van der Waals surface area contributed by atoms with E-state index in [0.29, 0.717) is 31.3 Å². The van der Waals surface area contributed by atoms with Gasteiger partial charge >= 0.3 is 0 Å². The summed E-state index contributed by atoms with van der Waals surface area (Å²) in [6.07, 6.45) is 0.362. The number of amides is 2. The molecule has 22 heavy (non-hydrogen) atoms. The molecule has 0 saturated carbocycles. The van der Waals surface area contributed by atoms with Crippen LogP contribution in [0.3, 0.4) is 0 Å². The molecule has 2 aliphatic rings. The quantitative estimate of drug-likeness (QED) is 0.795. The summed E-state index contributed by atoms with van der Waals surface area (Å²) >= 11 is 5.86. The van der Waals surface area contributed by atoms with E-state index in [1.807, 2.05) is 19.1 Å². The first-order valence-electron chi connectivity index (χ1n) is 7.49. The maximum Gasteiger partial charge on any atom is 0.247 e. The minimum absolute atomic E-state index is 0.0990. The zero-order chi connectivity index (χ0) is 15.7. The Balaban J connectivity index is 1.69. The molecule has 2 aliphatic heterocycles. The van der Waals surface area contributed by atoms with Gasteiger partial charge in [0.25, 0.3) is 0 Å². The van der Waals surface area contributed by atoms with Gasteiger partial charge in [0, 0.05) is 18.1 Å². The molecule has 2 saturated heterocycles. The van der Waals surface area contributed by atoms with Gasteiger partial charge < -0.3 is 4.74 Å². The Morgan fingerprint density at radius 3 is 2.68 bits per heavy atom. The third kappa shape index (κ3) is 3.16. The predicted octanol–water partition coefficient (Wildman–Crippen LogP) is 1.69. The van der Waals surface area contributed by atoms with Crippen molar-refractivity contribution in [1.29, 1.82) is 0 Å². The lowest BCUT2D eigenvalue weighted by molar-refractivity contribution is -0.141. The van der Waals surface area contributed by atoms with Crippen LogP contribution in [0.25, 0.3) is 0 Å². The molecule has 0 radical (unpaired) electrons. The number of imide groups is 1. The van der Waals surface area contributed by atoms with E-state index >= 15 is 0 Å². The highest BCUT2D eigenvalue weighted by Crippen LogP contribution is 2.23. The van der Waals surface area contributed by atoms with Crippen LogP contribution in [0.5, 0.6) is 0 Å². The molecule has 2 fully saturated rings.